The molecule has 0 fully saturated rings. The van der Waals surface area contributed by atoms with Crippen LogP contribution in [-0.2, 0) is 6.42 Å². The van der Waals surface area contributed by atoms with Gasteiger partial charge in [-0.25, -0.2) is 0 Å². The van der Waals surface area contributed by atoms with Gasteiger partial charge < -0.3 is 0 Å². The first kappa shape index (κ1) is 12.9. The Kier molecular flexibility index (Phi) is 5.49. The molecule has 15 heavy (non-hydrogen) atoms. The lowest BCUT2D eigenvalue weighted by molar-refractivity contribution is 0.378. The van der Waals surface area contributed by atoms with E-state index in [-0.39, 0.29) is 5.41 Å². The van der Waals surface area contributed by atoms with E-state index in [9.17, 15) is 0 Å². The number of alkyl halides is 2. The minimum atomic E-state index is 0.0951. The Morgan fingerprint density at radius 2 is 1.67 bits per heavy atom. The summed E-state index contributed by atoms with van der Waals surface area (Å²) in [5, 5.41) is 0. The molecule has 0 aliphatic rings. The maximum Gasteiger partial charge on any atom is 0.0288 e. The molecule has 0 spiro atoms. The summed E-state index contributed by atoms with van der Waals surface area (Å²) in [7, 11) is 0. The van der Waals surface area contributed by atoms with Crippen LogP contribution in [0.1, 0.15) is 25.3 Å². The fraction of sp³-hybridized carbons (Fsp3) is 0.538. The highest BCUT2D eigenvalue weighted by Gasteiger charge is 2.21. The average Bonchev–Trinajstić information content (AvgIpc) is 2.30. The van der Waals surface area contributed by atoms with Crippen LogP contribution in [0.3, 0.4) is 0 Å². The molecule has 0 heterocycles. The number of hydrogen-bond acceptors (Lipinski definition) is 0. The van der Waals surface area contributed by atoms with E-state index in [1.165, 1.54) is 5.56 Å². The largest absolute Gasteiger partial charge is 0.126 e. The Labute approximate surface area is 103 Å². The second kappa shape index (κ2) is 6.40. The minimum absolute atomic E-state index is 0.0951. The minimum Gasteiger partial charge on any atom is -0.126 e. The molecular weight excluding hydrogens is 227 g/mol. The van der Waals surface area contributed by atoms with Crippen LogP contribution in [0.2, 0.25) is 0 Å². The fourth-order valence-electron chi connectivity index (χ4n) is 1.53. The summed E-state index contributed by atoms with van der Waals surface area (Å²) < 4.78 is 0. The van der Waals surface area contributed by atoms with E-state index >= 15 is 0 Å². The first-order chi connectivity index (χ1) is 7.20. The Morgan fingerprint density at radius 1 is 1.07 bits per heavy atom. The summed E-state index contributed by atoms with van der Waals surface area (Å²) in [4.78, 5) is 0. The molecular formula is C13H18Cl2. The van der Waals surface area contributed by atoms with Gasteiger partial charge in [-0.2, -0.15) is 0 Å². The van der Waals surface area contributed by atoms with E-state index in [1.807, 2.05) is 6.07 Å². The van der Waals surface area contributed by atoms with Crippen LogP contribution >= 0.6 is 23.2 Å². The molecule has 1 aromatic carbocycles. The van der Waals surface area contributed by atoms with Crippen LogP contribution in [0.15, 0.2) is 30.3 Å². The van der Waals surface area contributed by atoms with Gasteiger partial charge in [0.05, 0.1) is 0 Å². The molecule has 0 aliphatic carbocycles. The van der Waals surface area contributed by atoms with Crippen molar-refractivity contribution in [2.45, 2.75) is 26.2 Å². The van der Waals surface area contributed by atoms with E-state index in [4.69, 9.17) is 23.2 Å². The van der Waals surface area contributed by atoms with Crippen molar-refractivity contribution in [3.8, 4) is 0 Å². The predicted molar refractivity (Wildman–Crippen MR) is 68.9 cm³/mol. The van der Waals surface area contributed by atoms with E-state index in [1.54, 1.807) is 0 Å². The van der Waals surface area contributed by atoms with Crippen molar-refractivity contribution in [2.75, 3.05) is 11.8 Å². The Morgan fingerprint density at radius 3 is 2.20 bits per heavy atom. The standard InChI is InChI=1S/C13H18Cl2/c1-13(10-14,11-15)9-5-8-12-6-3-2-4-7-12/h2-4,6-7H,5,8-11H2,1H3. The topological polar surface area (TPSA) is 0 Å². The van der Waals surface area contributed by atoms with Crippen molar-refractivity contribution in [1.82, 2.24) is 0 Å². The summed E-state index contributed by atoms with van der Waals surface area (Å²) in [5.74, 6) is 1.29. The van der Waals surface area contributed by atoms with Crippen LogP contribution in [-0.4, -0.2) is 11.8 Å². The summed E-state index contributed by atoms with van der Waals surface area (Å²) in [5.41, 5.74) is 1.49. The summed E-state index contributed by atoms with van der Waals surface area (Å²) in [6.45, 7) is 2.15. The van der Waals surface area contributed by atoms with Crippen LogP contribution in [0.25, 0.3) is 0 Å². The van der Waals surface area contributed by atoms with Crippen molar-refractivity contribution >= 4 is 23.2 Å². The highest BCUT2D eigenvalue weighted by atomic mass is 35.5. The molecule has 0 aliphatic heterocycles. The van der Waals surface area contributed by atoms with Crippen molar-refractivity contribution in [3.63, 3.8) is 0 Å². The molecule has 0 radical (unpaired) electrons. The molecule has 0 nitrogen and oxygen atoms in total. The lowest BCUT2D eigenvalue weighted by Gasteiger charge is -2.23. The molecule has 0 N–H and O–H groups in total. The van der Waals surface area contributed by atoms with Gasteiger partial charge in [0.15, 0.2) is 0 Å². The SMILES string of the molecule is CC(CCl)(CCl)CCCc1ccccc1. The molecule has 0 aromatic heterocycles. The normalized spacial score (nSPS) is 11.7. The van der Waals surface area contributed by atoms with E-state index in [0.717, 1.165) is 19.3 Å². The molecule has 0 atom stereocenters. The fourth-order valence-corrected chi connectivity index (χ4v) is 2.09. The molecule has 2 heteroatoms. The predicted octanol–water partition coefficient (Wildman–Crippen LogP) is 4.49. The average molecular weight is 245 g/mol. The molecule has 0 bridgehead atoms. The second-order valence-electron chi connectivity index (χ2n) is 4.42. The summed E-state index contributed by atoms with van der Waals surface area (Å²) in [6, 6.07) is 10.5. The van der Waals surface area contributed by atoms with Crippen molar-refractivity contribution in [1.29, 1.82) is 0 Å². The Balaban J connectivity index is 2.33. The third kappa shape index (κ3) is 4.44. The van der Waals surface area contributed by atoms with Crippen molar-refractivity contribution in [2.24, 2.45) is 5.41 Å². The number of benzene rings is 1. The van der Waals surface area contributed by atoms with Crippen molar-refractivity contribution in [3.05, 3.63) is 35.9 Å². The molecule has 0 saturated carbocycles. The van der Waals surface area contributed by atoms with Crippen LogP contribution in [0.4, 0.5) is 0 Å². The van der Waals surface area contributed by atoms with Crippen LogP contribution in [0, 0.1) is 5.41 Å². The van der Waals surface area contributed by atoms with E-state index in [0.29, 0.717) is 11.8 Å². The maximum atomic E-state index is 5.91. The Hall–Kier alpha value is -0.200. The first-order valence-corrected chi connectivity index (χ1v) is 6.43. The van der Waals surface area contributed by atoms with Gasteiger partial charge >= 0.3 is 0 Å². The maximum absolute atomic E-state index is 5.91. The van der Waals surface area contributed by atoms with Gasteiger partial charge in [-0.15, -0.1) is 23.2 Å². The monoisotopic (exact) mass is 244 g/mol. The number of hydrogen-bond donors (Lipinski definition) is 0. The molecule has 84 valence electrons. The van der Waals surface area contributed by atoms with Gasteiger partial charge in [-0.3, -0.25) is 0 Å². The molecule has 1 aromatic rings. The first-order valence-electron chi connectivity index (χ1n) is 5.36. The smallest absolute Gasteiger partial charge is 0.0288 e. The zero-order chi connectivity index (χ0) is 11.1. The summed E-state index contributed by atoms with van der Waals surface area (Å²) >= 11 is 11.8. The zero-order valence-electron chi connectivity index (χ0n) is 9.18. The number of halogens is 2. The number of aryl methyl sites for hydroxylation is 1. The molecule has 1 rings (SSSR count). The lowest BCUT2D eigenvalue weighted by Crippen LogP contribution is -2.20. The van der Waals surface area contributed by atoms with Crippen molar-refractivity contribution < 1.29 is 0 Å². The number of rotatable bonds is 6. The van der Waals surface area contributed by atoms with Gasteiger partial charge in [-0.05, 0) is 30.2 Å². The summed E-state index contributed by atoms with van der Waals surface area (Å²) in [6.07, 6.45) is 3.36. The lowest BCUT2D eigenvalue weighted by atomic mass is 9.88. The van der Waals surface area contributed by atoms with Gasteiger partial charge in [0.2, 0.25) is 0 Å². The highest BCUT2D eigenvalue weighted by molar-refractivity contribution is 6.21. The molecule has 0 saturated heterocycles. The molecule has 0 unspecified atom stereocenters. The van der Waals surface area contributed by atoms with Crippen LogP contribution < -0.4 is 0 Å². The Bertz CT molecular complexity index is 265. The second-order valence-corrected chi connectivity index (χ2v) is 4.95. The van der Waals surface area contributed by atoms with Gasteiger partial charge in [0.25, 0.3) is 0 Å². The zero-order valence-corrected chi connectivity index (χ0v) is 10.7. The third-order valence-electron chi connectivity index (χ3n) is 2.73. The third-order valence-corrected chi connectivity index (χ3v) is 4.02. The van der Waals surface area contributed by atoms with E-state index in [2.05, 4.69) is 31.2 Å². The molecule has 0 amide bonds. The van der Waals surface area contributed by atoms with Crippen LogP contribution in [0.5, 0.6) is 0 Å². The van der Waals surface area contributed by atoms with Gasteiger partial charge in [0, 0.05) is 11.8 Å². The van der Waals surface area contributed by atoms with Gasteiger partial charge in [0.1, 0.15) is 0 Å². The van der Waals surface area contributed by atoms with E-state index < -0.39 is 0 Å². The quantitative estimate of drug-likeness (QED) is 0.647. The highest BCUT2D eigenvalue weighted by Crippen LogP contribution is 2.27. The van der Waals surface area contributed by atoms with Gasteiger partial charge in [-0.1, -0.05) is 37.3 Å².